The molecule has 0 unspecified atom stereocenters. The molecule has 5 rings (SSSR count). The molecule has 1 radical (unpaired) electrons. The highest BCUT2D eigenvalue weighted by atomic mass is 32.2. The summed E-state index contributed by atoms with van der Waals surface area (Å²) in [6.07, 6.45) is 3.09. The standard InChI is InChI=1S/C25H28N5O6S2/c1-13-3-4-15-5-6-36-24(22(15)29-13)18-9-21(37-14(18)2)23(32)19-11-26-12-27-25(19)30-17-7-16(20(31)8-17)10-28-38(33,34)35/h3-4,9-12,16-17,20,24,28,31H,5-8H2,1-2H3,(H,26,27,30)(H,33,34,35)/t16-,17-,20+,24-/m1/s1. The number of hydrogen-bond acceptors (Lipinski definition) is 10. The lowest BCUT2D eigenvalue weighted by atomic mass is 9.97. The summed E-state index contributed by atoms with van der Waals surface area (Å²) in [5.41, 5.74) is 4.14. The van der Waals surface area contributed by atoms with Crippen LogP contribution in [-0.2, 0) is 21.5 Å². The number of nitrogens with one attached hydrogen (secondary N) is 2. The number of anilines is 1. The number of carbonyl (C=O) groups excluding carboxylic acids is 1. The van der Waals surface area contributed by atoms with E-state index in [1.807, 2.05) is 30.7 Å². The van der Waals surface area contributed by atoms with Crippen LogP contribution in [0, 0.1) is 26.3 Å². The molecule has 3 aromatic rings. The molecule has 0 aromatic carbocycles. The largest absolute Gasteiger partial charge is 0.393 e. The maximum absolute atomic E-state index is 13.6. The summed E-state index contributed by atoms with van der Waals surface area (Å²) in [6.45, 7) is 5.64. The predicted octanol–water partition coefficient (Wildman–Crippen LogP) is 2.55. The molecule has 0 saturated heterocycles. The Morgan fingerprint density at radius 1 is 1.26 bits per heavy atom. The monoisotopic (exact) mass is 558 g/mol. The third-order valence-electron chi connectivity index (χ3n) is 6.82. The van der Waals surface area contributed by atoms with E-state index in [2.05, 4.69) is 21.4 Å². The van der Waals surface area contributed by atoms with Crippen molar-refractivity contribution in [2.45, 2.75) is 51.4 Å². The van der Waals surface area contributed by atoms with Gasteiger partial charge in [-0.25, -0.2) is 9.97 Å². The maximum atomic E-state index is 13.6. The Kier molecular flexibility index (Phi) is 7.58. The molecule has 3 aromatic heterocycles. The number of aliphatic hydroxyl groups is 1. The molecule has 1 saturated carbocycles. The van der Waals surface area contributed by atoms with Gasteiger partial charge in [-0.3, -0.25) is 14.3 Å². The van der Waals surface area contributed by atoms with Gasteiger partial charge in [0.2, 0.25) is 5.78 Å². The van der Waals surface area contributed by atoms with Gasteiger partial charge in [-0.05, 0) is 50.8 Å². The van der Waals surface area contributed by atoms with Gasteiger partial charge in [0.05, 0.1) is 28.8 Å². The first-order valence-corrected chi connectivity index (χ1v) is 14.4. The van der Waals surface area contributed by atoms with E-state index in [0.717, 1.165) is 40.4 Å². The van der Waals surface area contributed by atoms with Crippen LogP contribution in [0.5, 0.6) is 0 Å². The molecule has 0 amide bonds. The van der Waals surface area contributed by atoms with Crippen molar-refractivity contribution in [1.82, 2.24) is 19.7 Å². The van der Waals surface area contributed by atoms with E-state index < -0.39 is 22.3 Å². The fourth-order valence-corrected chi connectivity index (χ4v) is 6.32. The fraction of sp³-hybridized carbons (Fsp3) is 0.400. The Morgan fingerprint density at radius 2 is 2.08 bits per heavy atom. The number of ketones is 1. The van der Waals surface area contributed by atoms with Crippen molar-refractivity contribution >= 4 is 33.2 Å². The molecular formula is C25H28N5O6S2. The molecule has 0 bridgehead atoms. The minimum atomic E-state index is -4.40. The van der Waals surface area contributed by atoms with Crippen molar-refractivity contribution < 1.29 is 27.6 Å². The zero-order valence-corrected chi connectivity index (χ0v) is 22.4. The van der Waals surface area contributed by atoms with Crippen LogP contribution in [0.15, 0.2) is 30.7 Å². The number of aryl methyl sites for hydroxylation is 2. The van der Waals surface area contributed by atoms with Crippen LogP contribution in [0.3, 0.4) is 0 Å². The van der Waals surface area contributed by atoms with Gasteiger partial charge in [-0.1, -0.05) is 6.07 Å². The van der Waals surface area contributed by atoms with Crippen LogP contribution >= 0.6 is 11.3 Å². The van der Waals surface area contributed by atoms with E-state index >= 15 is 0 Å². The number of thiophene rings is 1. The smallest absolute Gasteiger partial charge is 0.333 e. The van der Waals surface area contributed by atoms with Crippen LogP contribution in [0.25, 0.3) is 0 Å². The van der Waals surface area contributed by atoms with Crippen molar-refractivity contribution in [1.29, 1.82) is 0 Å². The summed E-state index contributed by atoms with van der Waals surface area (Å²) in [5.74, 6) is -0.432. The lowest BCUT2D eigenvalue weighted by molar-refractivity contribution is 0.0662. The Balaban J connectivity index is 1.35. The Morgan fingerprint density at radius 3 is 2.87 bits per heavy atom. The van der Waals surface area contributed by atoms with E-state index in [1.165, 1.54) is 23.9 Å². The average Bonchev–Trinajstić information content (AvgIpc) is 3.43. The number of ether oxygens (including phenoxy) is 1. The highest BCUT2D eigenvalue weighted by molar-refractivity contribution is 7.83. The molecule has 4 N–H and O–H groups in total. The molecule has 4 atom stereocenters. The van der Waals surface area contributed by atoms with Crippen LogP contribution in [-0.4, -0.2) is 57.6 Å². The second-order valence-corrected chi connectivity index (χ2v) is 12.0. The average molecular weight is 559 g/mol. The van der Waals surface area contributed by atoms with Crippen molar-refractivity contribution in [2.24, 2.45) is 5.92 Å². The SMILES string of the molecule is Cc1ccc2c(n1)[C@@H](c1cc(C(=O)c3cncnc3N[C@H]3C[C@H](O)[C@@H]([CH]NS(=O)(=O)O)C3)sc1C)OCC2. The number of nitrogens with zero attached hydrogens (tertiary/aromatic N) is 3. The first-order chi connectivity index (χ1) is 18.1. The summed E-state index contributed by atoms with van der Waals surface area (Å²) >= 11 is 1.38. The van der Waals surface area contributed by atoms with E-state index in [1.54, 1.807) is 0 Å². The zero-order valence-electron chi connectivity index (χ0n) is 20.8. The molecule has 11 nitrogen and oxygen atoms in total. The van der Waals surface area contributed by atoms with Crippen LogP contribution in [0.4, 0.5) is 5.82 Å². The third kappa shape index (κ3) is 5.77. The summed E-state index contributed by atoms with van der Waals surface area (Å²) < 4.78 is 38.9. The minimum Gasteiger partial charge on any atom is -0.393 e. The molecule has 1 fully saturated rings. The maximum Gasteiger partial charge on any atom is 0.333 e. The van der Waals surface area contributed by atoms with E-state index in [-0.39, 0.29) is 23.5 Å². The number of carbonyl (C=O) groups is 1. The fourth-order valence-electron chi connectivity index (χ4n) is 4.97. The molecule has 2 aliphatic rings. The quantitative estimate of drug-likeness (QED) is 0.239. The summed E-state index contributed by atoms with van der Waals surface area (Å²) in [6, 6.07) is 5.66. The van der Waals surface area contributed by atoms with Gasteiger partial charge >= 0.3 is 10.3 Å². The molecule has 4 heterocycles. The molecule has 1 aliphatic heterocycles. The van der Waals surface area contributed by atoms with Crippen molar-refractivity contribution in [3.05, 3.63) is 75.1 Å². The first-order valence-electron chi connectivity index (χ1n) is 12.1. The lowest BCUT2D eigenvalue weighted by Crippen LogP contribution is -2.27. The topological polar surface area (TPSA) is 164 Å². The number of aliphatic hydroxyl groups excluding tert-OH is 1. The highest BCUT2D eigenvalue weighted by Gasteiger charge is 2.35. The van der Waals surface area contributed by atoms with Gasteiger partial charge in [0.15, 0.2) is 0 Å². The second kappa shape index (κ2) is 10.8. The zero-order chi connectivity index (χ0) is 27.0. The number of fused-ring (bicyclic) bond motifs is 1. The van der Waals surface area contributed by atoms with Gasteiger partial charge < -0.3 is 15.2 Å². The van der Waals surface area contributed by atoms with E-state index in [0.29, 0.717) is 30.1 Å². The highest BCUT2D eigenvalue weighted by Crippen LogP contribution is 2.38. The van der Waals surface area contributed by atoms with Crippen LogP contribution in [0.1, 0.15) is 61.6 Å². The summed E-state index contributed by atoms with van der Waals surface area (Å²) in [4.78, 5) is 28.1. The number of pyridine rings is 1. The van der Waals surface area contributed by atoms with Gasteiger partial charge in [0.25, 0.3) is 0 Å². The van der Waals surface area contributed by atoms with E-state index in [4.69, 9.17) is 14.3 Å². The van der Waals surface area contributed by atoms with Crippen molar-refractivity contribution in [3.63, 3.8) is 0 Å². The number of hydrogen-bond donors (Lipinski definition) is 4. The second-order valence-electron chi connectivity index (χ2n) is 9.54. The summed E-state index contributed by atoms with van der Waals surface area (Å²) in [7, 11) is -4.40. The third-order valence-corrected chi connectivity index (χ3v) is 8.32. The Hall–Kier alpha value is -2.81. The molecule has 38 heavy (non-hydrogen) atoms. The van der Waals surface area contributed by atoms with Crippen LogP contribution < -0.4 is 10.0 Å². The van der Waals surface area contributed by atoms with Crippen LogP contribution in [0.2, 0.25) is 0 Å². The predicted molar refractivity (Wildman–Crippen MR) is 140 cm³/mol. The van der Waals surface area contributed by atoms with Crippen molar-refractivity contribution in [3.8, 4) is 0 Å². The lowest BCUT2D eigenvalue weighted by Gasteiger charge is -2.25. The van der Waals surface area contributed by atoms with Gasteiger partial charge in [-0.2, -0.15) is 13.1 Å². The number of aromatic nitrogens is 3. The molecule has 0 spiro atoms. The molecule has 201 valence electrons. The Labute approximate surface area is 224 Å². The minimum absolute atomic E-state index is 0.240. The van der Waals surface area contributed by atoms with E-state index in [9.17, 15) is 18.3 Å². The van der Waals surface area contributed by atoms with Gasteiger partial charge in [-0.15, -0.1) is 11.3 Å². The normalized spacial score (nSPS) is 23.3. The molecule has 1 aliphatic carbocycles. The summed E-state index contributed by atoms with van der Waals surface area (Å²) in [5, 5.41) is 13.5. The Bertz CT molecular complexity index is 1460. The number of rotatable bonds is 8. The molecular weight excluding hydrogens is 530 g/mol. The van der Waals surface area contributed by atoms with Gasteiger partial charge in [0, 0.05) is 40.8 Å². The van der Waals surface area contributed by atoms with Crippen molar-refractivity contribution in [2.75, 3.05) is 11.9 Å². The molecule has 13 heteroatoms. The van der Waals surface area contributed by atoms with Gasteiger partial charge in [0.1, 0.15) is 18.2 Å². The first kappa shape index (κ1) is 26.8.